The van der Waals surface area contributed by atoms with Gasteiger partial charge >= 0.3 is 0 Å². The van der Waals surface area contributed by atoms with E-state index in [0.717, 1.165) is 9.75 Å². The second-order valence-electron chi connectivity index (χ2n) is 2.53. The Morgan fingerprint density at radius 1 is 1.67 bits per heavy atom. The number of hydrogen-bond acceptors (Lipinski definition) is 3. The fraction of sp³-hybridized carbons (Fsp3) is 0.222. The molecule has 1 unspecified atom stereocenters. The van der Waals surface area contributed by atoms with Crippen LogP contribution in [0.25, 0.3) is 6.08 Å². The van der Waals surface area contributed by atoms with Crippen LogP contribution < -0.4 is 5.73 Å². The first-order valence-corrected chi connectivity index (χ1v) is 4.48. The lowest BCUT2D eigenvalue weighted by atomic mass is 10.3. The first kappa shape index (κ1) is 8.98. The molecule has 0 saturated carbocycles. The number of thiophene rings is 1. The summed E-state index contributed by atoms with van der Waals surface area (Å²) in [6.45, 7) is 1.91. The van der Waals surface area contributed by atoms with Crippen LogP contribution in [-0.4, -0.2) is 6.04 Å². The molecule has 0 radical (unpaired) electrons. The highest BCUT2D eigenvalue weighted by atomic mass is 32.1. The molecule has 0 spiro atoms. The van der Waals surface area contributed by atoms with Crippen LogP contribution in [-0.2, 0) is 0 Å². The lowest BCUT2D eigenvalue weighted by Crippen LogP contribution is -2.09. The molecular weight excluding hydrogens is 168 g/mol. The molecule has 0 saturated heterocycles. The van der Waals surface area contributed by atoms with Crippen molar-refractivity contribution < 1.29 is 0 Å². The highest BCUT2D eigenvalue weighted by Gasteiger charge is 1.94. The fourth-order valence-corrected chi connectivity index (χ4v) is 1.47. The fourth-order valence-electron chi connectivity index (χ4n) is 0.749. The predicted molar refractivity (Wildman–Crippen MR) is 51.7 cm³/mol. The Kier molecular flexibility index (Phi) is 3.03. The molecule has 0 fully saturated rings. The van der Waals surface area contributed by atoms with E-state index in [9.17, 15) is 0 Å². The molecule has 0 aromatic carbocycles. The second kappa shape index (κ2) is 4.05. The van der Waals surface area contributed by atoms with E-state index in [2.05, 4.69) is 6.07 Å². The molecule has 0 amide bonds. The Morgan fingerprint density at radius 3 is 2.92 bits per heavy atom. The van der Waals surface area contributed by atoms with Gasteiger partial charge in [-0.3, -0.25) is 0 Å². The normalized spacial score (nSPS) is 13.1. The topological polar surface area (TPSA) is 49.8 Å². The van der Waals surface area contributed by atoms with Crippen molar-refractivity contribution in [3.8, 4) is 6.07 Å². The van der Waals surface area contributed by atoms with Gasteiger partial charge in [0.2, 0.25) is 0 Å². The van der Waals surface area contributed by atoms with Gasteiger partial charge in [-0.05, 0) is 25.1 Å². The third-order valence-electron chi connectivity index (χ3n) is 1.30. The van der Waals surface area contributed by atoms with Gasteiger partial charge in [0.05, 0.1) is 0 Å². The van der Waals surface area contributed by atoms with Crippen LogP contribution in [0.4, 0.5) is 0 Å². The highest BCUT2D eigenvalue weighted by Crippen LogP contribution is 2.16. The minimum absolute atomic E-state index is 0.0673. The van der Waals surface area contributed by atoms with Crippen molar-refractivity contribution in [2.75, 3.05) is 0 Å². The summed E-state index contributed by atoms with van der Waals surface area (Å²) >= 11 is 1.47. The zero-order chi connectivity index (χ0) is 8.97. The Bertz CT molecular complexity index is 318. The van der Waals surface area contributed by atoms with E-state index in [-0.39, 0.29) is 6.04 Å². The van der Waals surface area contributed by atoms with Crippen LogP contribution in [0.1, 0.15) is 16.7 Å². The van der Waals surface area contributed by atoms with Gasteiger partial charge < -0.3 is 5.73 Å². The van der Waals surface area contributed by atoms with Crippen LogP contribution in [0.15, 0.2) is 18.2 Å². The molecule has 1 aromatic rings. The molecule has 1 rings (SSSR count). The molecule has 62 valence electrons. The molecule has 1 heterocycles. The molecule has 0 aliphatic heterocycles. The standard InChI is InChI=1S/C9H10N2S/c1-7(11)2-3-8-4-5-9(6-10)12-8/h2-5,7H,11H2,1H3/b3-2+. The van der Waals surface area contributed by atoms with Crippen molar-refractivity contribution >= 4 is 17.4 Å². The summed E-state index contributed by atoms with van der Waals surface area (Å²) in [6.07, 6.45) is 3.85. The molecule has 3 heteroatoms. The lowest BCUT2D eigenvalue weighted by molar-refractivity contribution is 0.931. The molecule has 2 nitrogen and oxygen atoms in total. The molecule has 0 bridgehead atoms. The van der Waals surface area contributed by atoms with Crippen molar-refractivity contribution in [2.24, 2.45) is 5.73 Å². The van der Waals surface area contributed by atoms with Gasteiger partial charge in [0, 0.05) is 10.9 Å². The third kappa shape index (κ3) is 2.50. The molecule has 12 heavy (non-hydrogen) atoms. The maximum absolute atomic E-state index is 8.54. The minimum atomic E-state index is 0.0673. The number of rotatable bonds is 2. The zero-order valence-electron chi connectivity index (χ0n) is 6.82. The number of hydrogen-bond donors (Lipinski definition) is 1. The number of nitrogens with zero attached hydrogens (tertiary/aromatic N) is 1. The molecule has 0 aliphatic rings. The summed E-state index contributed by atoms with van der Waals surface area (Å²) < 4.78 is 0. The third-order valence-corrected chi connectivity index (χ3v) is 2.26. The summed E-state index contributed by atoms with van der Waals surface area (Å²) in [5.41, 5.74) is 5.53. The Hall–Kier alpha value is -1.11. The quantitative estimate of drug-likeness (QED) is 0.752. The Morgan fingerprint density at radius 2 is 2.42 bits per heavy atom. The van der Waals surface area contributed by atoms with Crippen LogP contribution in [0, 0.1) is 11.3 Å². The predicted octanol–water partition coefficient (Wildman–Crippen LogP) is 1.98. The average Bonchev–Trinajstić information content (AvgIpc) is 2.48. The molecule has 0 aliphatic carbocycles. The van der Waals surface area contributed by atoms with Gasteiger partial charge in [0.25, 0.3) is 0 Å². The SMILES string of the molecule is CC(N)/C=C/c1ccc(C#N)s1. The summed E-state index contributed by atoms with van der Waals surface area (Å²) in [4.78, 5) is 1.81. The van der Waals surface area contributed by atoms with Crippen molar-refractivity contribution in [3.63, 3.8) is 0 Å². The van der Waals surface area contributed by atoms with Gasteiger partial charge in [0.15, 0.2) is 0 Å². The second-order valence-corrected chi connectivity index (χ2v) is 3.65. The van der Waals surface area contributed by atoms with Gasteiger partial charge in [-0.2, -0.15) is 5.26 Å². The monoisotopic (exact) mass is 178 g/mol. The molecular formula is C9H10N2S. The molecule has 1 aromatic heterocycles. The molecule has 2 N–H and O–H groups in total. The van der Waals surface area contributed by atoms with Gasteiger partial charge in [-0.25, -0.2) is 0 Å². The number of nitrogens with two attached hydrogens (primary N) is 1. The van der Waals surface area contributed by atoms with Crippen molar-refractivity contribution in [1.82, 2.24) is 0 Å². The highest BCUT2D eigenvalue weighted by molar-refractivity contribution is 7.13. The van der Waals surface area contributed by atoms with Gasteiger partial charge in [0.1, 0.15) is 10.9 Å². The van der Waals surface area contributed by atoms with E-state index in [1.54, 1.807) is 0 Å². The van der Waals surface area contributed by atoms with Crippen molar-refractivity contribution in [3.05, 3.63) is 28.0 Å². The zero-order valence-corrected chi connectivity index (χ0v) is 7.64. The maximum Gasteiger partial charge on any atom is 0.110 e. The Balaban J connectivity index is 2.72. The van der Waals surface area contributed by atoms with E-state index in [4.69, 9.17) is 11.0 Å². The lowest BCUT2D eigenvalue weighted by Gasteiger charge is -1.91. The average molecular weight is 178 g/mol. The first-order chi connectivity index (χ1) is 5.72. The summed E-state index contributed by atoms with van der Waals surface area (Å²) in [5.74, 6) is 0. The largest absolute Gasteiger partial charge is 0.325 e. The van der Waals surface area contributed by atoms with Crippen LogP contribution >= 0.6 is 11.3 Å². The van der Waals surface area contributed by atoms with E-state index in [0.29, 0.717) is 0 Å². The maximum atomic E-state index is 8.54. The summed E-state index contributed by atoms with van der Waals surface area (Å²) in [6, 6.07) is 5.89. The van der Waals surface area contributed by atoms with Gasteiger partial charge in [-0.15, -0.1) is 11.3 Å². The van der Waals surface area contributed by atoms with Crippen molar-refractivity contribution in [1.29, 1.82) is 5.26 Å². The van der Waals surface area contributed by atoms with E-state index >= 15 is 0 Å². The van der Waals surface area contributed by atoms with Crippen LogP contribution in [0.5, 0.6) is 0 Å². The Labute approximate surface area is 75.9 Å². The van der Waals surface area contributed by atoms with Crippen molar-refractivity contribution in [2.45, 2.75) is 13.0 Å². The smallest absolute Gasteiger partial charge is 0.110 e. The minimum Gasteiger partial charge on any atom is -0.325 e. The van der Waals surface area contributed by atoms with Crippen LogP contribution in [0.3, 0.4) is 0 Å². The first-order valence-electron chi connectivity index (χ1n) is 3.66. The number of nitriles is 1. The summed E-state index contributed by atoms with van der Waals surface area (Å²) in [5, 5.41) is 8.54. The van der Waals surface area contributed by atoms with E-state index < -0.39 is 0 Å². The summed E-state index contributed by atoms with van der Waals surface area (Å²) in [7, 11) is 0. The molecule has 1 atom stereocenters. The van der Waals surface area contributed by atoms with Gasteiger partial charge in [-0.1, -0.05) is 6.08 Å². The van der Waals surface area contributed by atoms with E-state index in [1.165, 1.54) is 11.3 Å². The van der Waals surface area contributed by atoms with Crippen LogP contribution in [0.2, 0.25) is 0 Å². The van der Waals surface area contributed by atoms with E-state index in [1.807, 2.05) is 31.2 Å².